The van der Waals surface area contributed by atoms with Crippen LogP contribution in [0.15, 0.2) is 41.6 Å². The van der Waals surface area contributed by atoms with Crippen LogP contribution in [-0.2, 0) is 14.3 Å². The molecule has 0 spiro atoms. The van der Waals surface area contributed by atoms with Crippen molar-refractivity contribution in [3.8, 4) is 0 Å². The molecule has 3 rings (SSSR count). The third-order valence-electron chi connectivity index (χ3n) is 4.50. The fourth-order valence-corrected chi connectivity index (χ4v) is 3.79. The number of carbonyl (C=O) groups excluding carboxylic acids is 2. The molecule has 2 heterocycles. The van der Waals surface area contributed by atoms with Crippen molar-refractivity contribution in [3.63, 3.8) is 0 Å². The van der Waals surface area contributed by atoms with Gasteiger partial charge in [-0.1, -0.05) is 17.7 Å². The van der Waals surface area contributed by atoms with Gasteiger partial charge < -0.3 is 14.5 Å². The van der Waals surface area contributed by atoms with Gasteiger partial charge in [0, 0.05) is 43.5 Å². The SMILES string of the molecule is Cc1ccc(SCC(=O)OCC(=O)N2CCN(c3ncccn3)CC2)c(C)c1. The number of aromatic nitrogens is 2. The zero-order chi connectivity index (χ0) is 19.9. The van der Waals surface area contributed by atoms with Crippen LogP contribution >= 0.6 is 11.8 Å². The Bertz CT molecular complexity index is 823. The largest absolute Gasteiger partial charge is 0.455 e. The third kappa shape index (κ3) is 5.45. The number of amides is 1. The molecule has 1 aromatic heterocycles. The first-order valence-electron chi connectivity index (χ1n) is 9.18. The van der Waals surface area contributed by atoms with Crippen molar-refractivity contribution in [1.29, 1.82) is 0 Å². The highest BCUT2D eigenvalue weighted by atomic mass is 32.2. The van der Waals surface area contributed by atoms with E-state index in [1.54, 1.807) is 23.4 Å². The average Bonchev–Trinajstić information content (AvgIpc) is 2.72. The van der Waals surface area contributed by atoms with Gasteiger partial charge in [-0.3, -0.25) is 9.59 Å². The van der Waals surface area contributed by atoms with E-state index in [1.165, 1.54) is 17.3 Å². The molecule has 0 bridgehead atoms. The van der Waals surface area contributed by atoms with Crippen LogP contribution in [0.1, 0.15) is 11.1 Å². The van der Waals surface area contributed by atoms with Crippen LogP contribution in [0.4, 0.5) is 5.95 Å². The molecule has 1 saturated heterocycles. The molecule has 1 aromatic carbocycles. The second kappa shape index (κ2) is 9.54. The maximum Gasteiger partial charge on any atom is 0.316 e. The Morgan fingerprint density at radius 1 is 1.11 bits per heavy atom. The zero-order valence-corrected chi connectivity index (χ0v) is 16.9. The summed E-state index contributed by atoms with van der Waals surface area (Å²) in [6.45, 7) is 6.28. The number of hydrogen-bond donors (Lipinski definition) is 0. The molecule has 1 aliphatic rings. The van der Waals surface area contributed by atoms with Gasteiger partial charge in [-0.15, -0.1) is 11.8 Å². The van der Waals surface area contributed by atoms with E-state index in [4.69, 9.17) is 4.74 Å². The molecule has 148 valence electrons. The summed E-state index contributed by atoms with van der Waals surface area (Å²) in [6, 6.07) is 7.88. The molecule has 1 amide bonds. The average molecular weight is 401 g/mol. The Kier molecular flexibility index (Phi) is 6.86. The first-order chi connectivity index (χ1) is 13.5. The van der Waals surface area contributed by atoms with E-state index >= 15 is 0 Å². The van der Waals surface area contributed by atoms with E-state index in [2.05, 4.69) is 16.0 Å². The lowest BCUT2D eigenvalue weighted by Crippen LogP contribution is -2.50. The molecule has 0 N–H and O–H groups in total. The lowest BCUT2D eigenvalue weighted by molar-refractivity contribution is -0.150. The number of carbonyl (C=O) groups is 2. The topological polar surface area (TPSA) is 75.6 Å². The van der Waals surface area contributed by atoms with Gasteiger partial charge in [-0.25, -0.2) is 9.97 Å². The quantitative estimate of drug-likeness (QED) is 0.543. The van der Waals surface area contributed by atoms with Crippen LogP contribution in [0.5, 0.6) is 0 Å². The van der Waals surface area contributed by atoms with Gasteiger partial charge in [0.2, 0.25) is 5.95 Å². The Labute approximate surface area is 169 Å². The normalized spacial score (nSPS) is 14.1. The summed E-state index contributed by atoms with van der Waals surface area (Å²) >= 11 is 1.43. The predicted octanol–water partition coefficient (Wildman–Crippen LogP) is 2.08. The van der Waals surface area contributed by atoms with E-state index in [-0.39, 0.29) is 24.2 Å². The van der Waals surface area contributed by atoms with Crippen LogP contribution in [0.25, 0.3) is 0 Å². The number of anilines is 1. The van der Waals surface area contributed by atoms with Crippen molar-refractivity contribution < 1.29 is 14.3 Å². The maximum atomic E-state index is 12.3. The Morgan fingerprint density at radius 2 is 1.82 bits per heavy atom. The summed E-state index contributed by atoms with van der Waals surface area (Å²) < 4.78 is 5.16. The molecule has 1 fully saturated rings. The van der Waals surface area contributed by atoms with Crippen LogP contribution in [0, 0.1) is 13.8 Å². The van der Waals surface area contributed by atoms with Crippen LogP contribution in [-0.4, -0.2) is 65.3 Å². The Hall–Kier alpha value is -2.61. The fourth-order valence-electron chi connectivity index (χ4n) is 2.98. The highest BCUT2D eigenvalue weighted by Gasteiger charge is 2.23. The summed E-state index contributed by atoms with van der Waals surface area (Å²) in [4.78, 5) is 37.5. The predicted molar refractivity (Wildman–Crippen MR) is 108 cm³/mol. The number of hydrogen-bond acceptors (Lipinski definition) is 7. The van der Waals surface area contributed by atoms with E-state index in [1.807, 2.05) is 30.9 Å². The summed E-state index contributed by atoms with van der Waals surface area (Å²) in [5.41, 5.74) is 2.32. The maximum absolute atomic E-state index is 12.3. The number of thioether (sulfide) groups is 1. The Balaban J connectivity index is 1.39. The minimum absolute atomic E-state index is 0.168. The molecule has 0 unspecified atom stereocenters. The molecule has 1 aliphatic heterocycles. The van der Waals surface area contributed by atoms with Gasteiger partial charge in [0.15, 0.2) is 6.61 Å². The minimum atomic E-state index is -0.380. The number of nitrogens with zero attached hydrogens (tertiary/aromatic N) is 4. The summed E-state index contributed by atoms with van der Waals surface area (Å²) in [5.74, 6) is 0.314. The van der Waals surface area contributed by atoms with Gasteiger partial charge in [-0.2, -0.15) is 0 Å². The van der Waals surface area contributed by atoms with Gasteiger partial charge in [0.1, 0.15) is 0 Å². The summed E-state index contributed by atoms with van der Waals surface area (Å²) in [6.07, 6.45) is 3.41. The lowest BCUT2D eigenvalue weighted by atomic mass is 10.2. The smallest absolute Gasteiger partial charge is 0.316 e. The van der Waals surface area contributed by atoms with Crippen molar-refractivity contribution in [2.24, 2.45) is 0 Å². The number of aryl methyl sites for hydroxylation is 2. The third-order valence-corrected chi connectivity index (χ3v) is 5.65. The van der Waals surface area contributed by atoms with Gasteiger partial charge >= 0.3 is 5.97 Å². The molecule has 8 heteroatoms. The number of piperazine rings is 1. The number of esters is 1. The summed E-state index contributed by atoms with van der Waals surface area (Å²) in [7, 11) is 0. The first kappa shape index (κ1) is 20.1. The van der Waals surface area contributed by atoms with Crippen LogP contribution in [0.3, 0.4) is 0 Å². The standard InChI is InChI=1S/C20H24N4O3S/c1-15-4-5-17(16(2)12-15)28-14-19(26)27-13-18(25)23-8-10-24(11-9-23)20-21-6-3-7-22-20/h3-7,12H,8-11,13-14H2,1-2H3. The molecule has 0 radical (unpaired) electrons. The van der Waals surface area contributed by atoms with Gasteiger partial charge in [-0.05, 0) is 31.5 Å². The van der Waals surface area contributed by atoms with Crippen molar-refractivity contribution >= 4 is 29.6 Å². The monoisotopic (exact) mass is 400 g/mol. The van der Waals surface area contributed by atoms with E-state index < -0.39 is 0 Å². The first-order valence-corrected chi connectivity index (χ1v) is 10.2. The number of ether oxygens (including phenoxy) is 1. The Morgan fingerprint density at radius 3 is 2.50 bits per heavy atom. The number of benzene rings is 1. The van der Waals surface area contributed by atoms with Gasteiger partial charge in [0.05, 0.1) is 5.75 Å². The van der Waals surface area contributed by atoms with Crippen molar-refractivity contribution in [3.05, 3.63) is 47.8 Å². The highest BCUT2D eigenvalue weighted by molar-refractivity contribution is 8.00. The van der Waals surface area contributed by atoms with E-state index in [0.29, 0.717) is 32.1 Å². The zero-order valence-electron chi connectivity index (χ0n) is 16.1. The molecule has 0 atom stereocenters. The van der Waals surface area contributed by atoms with Gasteiger partial charge in [0.25, 0.3) is 5.91 Å². The van der Waals surface area contributed by atoms with Crippen molar-refractivity contribution in [2.45, 2.75) is 18.7 Å². The minimum Gasteiger partial charge on any atom is -0.455 e. The highest BCUT2D eigenvalue weighted by Crippen LogP contribution is 2.23. The number of rotatable bonds is 6. The fraction of sp³-hybridized carbons (Fsp3) is 0.400. The molecule has 0 aliphatic carbocycles. The van der Waals surface area contributed by atoms with Crippen LogP contribution < -0.4 is 4.90 Å². The van der Waals surface area contributed by atoms with E-state index in [0.717, 1.165) is 10.5 Å². The molecular weight excluding hydrogens is 376 g/mol. The second-order valence-corrected chi connectivity index (χ2v) is 7.65. The van der Waals surface area contributed by atoms with Crippen molar-refractivity contribution in [1.82, 2.24) is 14.9 Å². The second-order valence-electron chi connectivity index (χ2n) is 6.63. The molecule has 0 saturated carbocycles. The van der Waals surface area contributed by atoms with Crippen molar-refractivity contribution in [2.75, 3.05) is 43.4 Å². The molecule has 2 aromatic rings. The van der Waals surface area contributed by atoms with Crippen LogP contribution in [0.2, 0.25) is 0 Å². The molecule has 28 heavy (non-hydrogen) atoms. The molecule has 7 nitrogen and oxygen atoms in total. The molecular formula is C20H24N4O3S. The van der Waals surface area contributed by atoms with E-state index in [9.17, 15) is 9.59 Å². The lowest BCUT2D eigenvalue weighted by Gasteiger charge is -2.34. The summed E-state index contributed by atoms with van der Waals surface area (Å²) in [5, 5.41) is 0.